The molecule has 0 spiro atoms. The van der Waals surface area contributed by atoms with E-state index in [1.807, 2.05) is 0 Å². The maximum atomic E-state index is 6.22. The molecule has 0 amide bonds. The molecule has 2 aliphatic heterocycles. The van der Waals surface area contributed by atoms with E-state index in [-0.39, 0.29) is 0 Å². The van der Waals surface area contributed by atoms with Gasteiger partial charge >= 0.3 is 0 Å². The van der Waals surface area contributed by atoms with Gasteiger partial charge in [0.25, 0.3) is 0 Å². The Morgan fingerprint density at radius 2 is 1.93 bits per heavy atom. The molecule has 0 saturated carbocycles. The van der Waals surface area contributed by atoms with Gasteiger partial charge in [0.2, 0.25) is 0 Å². The highest BCUT2D eigenvalue weighted by molar-refractivity contribution is 6.20. The number of alkyl halides is 1. The van der Waals surface area contributed by atoms with E-state index in [0.29, 0.717) is 5.38 Å². The van der Waals surface area contributed by atoms with Gasteiger partial charge in [-0.1, -0.05) is 0 Å². The number of nitrogens with zero attached hydrogens (tertiary/aromatic N) is 1. The van der Waals surface area contributed by atoms with Crippen LogP contribution in [0.4, 0.5) is 0 Å². The van der Waals surface area contributed by atoms with Crippen molar-refractivity contribution in [2.75, 3.05) is 20.3 Å². The fourth-order valence-electron chi connectivity index (χ4n) is 2.96. The summed E-state index contributed by atoms with van der Waals surface area (Å²) in [4.78, 5) is 2.66. The van der Waals surface area contributed by atoms with Crippen molar-refractivity contribution in [2.24, 2.45) is 0 Å². The maximum Gasteiger partial charge on any atom is 0.0474 e. The monoisotopic (exact) mass is 217 g/mol. The normalized spacial score (nSPS) is 37.7. The lowest BCUT2D eigenvalue weighted by molar-refractivity contribution is 0.118. The average Bonchev–Trinajstić information content (AvgIpc) is 2.42. The highest BCUT2D eigenvalue weighted by atomic mass is 35.5. The van der Waals surface area contributed by atoms with Crippen LogP contribution in [0.25, 0.3) is 0 Å². The third-order valence-electron chi connectivity index (χ3n) is 3.59. The molecule has 2 nitrogen and oxygen atoms in total. The van der Waals surface area contributed by atoms with Crippen molar-refractivity contribution in [1.82, 2.24) is 4.90 Å². The van der Waals surface area contributed by atoms with Gasteiger partial charge in [0.15, 0.2) is 0 Å². The van der Waals surface area contributed by atoms with Gasteiger partial charge in [0.1, 0.15) is 0 Å². The minimum absolute atomic E-state index is 0.436. The van der Waals surface area contributed by atoms with Gasteiger partial charge in [-0.05, 0) is 32.1 Å². The average molecular weight is 218 g/mol. The molecule has 82 valence electrons. The number of hydrogen-bond donors (Lipinski definition) is 0. The second-order valence-corrected chi connectivity index (χ2v) is 5.16. The van der Waals surface area contributed by atoms with Crippen LogP contribution in [0.3, 0.4) is 0 Å². The van der Waals surface area contributed by atoms with E-state index in [9.17, 15) is 0 Å². The molecular formula is C11H20ClNO. The summed E-state index contributed by atoms with van der Waals surface area (Å²) in [5.74, 6) is 0. The van der Waals surface area contributed by atoms with Crippen molar-refractivity contribution in [1.29, 1.82) is 0 Å². The van der Waals surface area contributed by atoms with Gasteiger partial charge in [-0.15, -0.1) is 11.6 Å². The predicted octanol–water partition coefficient (Wildman–Crippen LogP) is 2.26. The van der Waals surface area contributed by atoms with Crippen LogP contribution in [0.2, 0.25) is 0 Å². The smallest absolute Gasteiger partial charge is 0.0474 e. The third-order valence-corrected chi connectivity index (χ3v) is 3.95. The van der Waals surface area contributed by atoms with E-state index in [2.05, 4.69) is 4.90 Å². The van der Waals surface area contributed by atoms with Gasteiger partial charge in [-0.25, -0.2) is 0 Å². The Kier molecular flexibility index (Phi) is 3.69. The molecule has 0 N–H and O–H groups in total. The second kappa shape index (κ2) is 4.82. The van der Waals surface area contributed by atoms with E-state index in [4.69, 9.17) is 16.3 Å². The molecule has 2 unspecified atom stereocenters. The fourth-order valence-corrected chi connectivity index (χ4v) is 3.38. The zero-order chi connectivity index (χ0) is 9.97. The number of fused-ring (bicyclic) bond motifs is 2. The van der Waals surface area contributed by atoms with E-state index in [1.54, 1.807) is 7.11 Å². The minimum Gasteiger partial charge on any atom is -0.385 e. The molecular weight excluding hydrogens is 198 g/mol. The lowest BCUT2D eigenvalue weighted by atomic mass is 10.0. The molecule has 2 aliphatic rings. The predicted molar refractivity (Wildman–Crippen MR) is 58.9 cm³/mol. The van der Waals surface area contributed by atoms with Crippen molar-refractivity contribution in [3.63, 3.8) is 0 Å². The fraction of sp³-hybridized carbons (Fsp3) is 1.00. The summed E-state index contributed by atoms with van der Waals surface area (Å²) in [6, 6.07) is 1.54. The Hall–Kier alpha value is 0.210. The zero-order valence-electron chi connectivity index (χ0n) is 8.92. The molecule has 0 aromatic heterocycles. The van der Waals surface area contributed by atoms with Crippen LogP contribution < -0.4 is 0 Å². The van der Waals surface area contributed by atoms with Crippen molar-refractivity contribution in [3.05, 3.63) is 0 Å². The molecule has 14 heavy (non-hydrogen) atoms. The van der Waals surface area contributed by atoms with Crippen molar-refractivity contribution in [2.45, 2.75) is 49.6 Å². The lowest BCUT2D eigenvalue weighted by Crippen LogP contribution is -2.43. The maximum absolute atomic E-state index is 6.22. The molecule has 0 aromatic rings. The quantitative estimate of drug-likeness (QED) is 0.529. The molecule has 2 fully saturated rings. The summed E-state index contributed by atoms with van der Waals surface area (Å²) in [6.07, 6.45) is 6.29. The van der Waals surface area contributed by atoms with Crippen LogP contribution in [0.5, 0.6) is 0 Å². The van der Waals surface area contributed by atoms with E-state index in [0.717, 1.165) is 25.1 Å². The minimum atomic E-state index is 0.436. The summed E-state index contributed by atoms with van der Waals surface area (Å²) in [6.45, 7) is 2.09. The SMILES string of the molecule is COCCCN1C2CCC1CC(Cl)C2. The highest BCUT2D eigenvalue weighted by Gasteiger charge is 2.39. The Bertz CT molecular complexity index is 174. The topological polar surface area (TPSA) is 12.5 Å². The molecule has 2 atom stereocenters. The lowest BCUT2D eigenvalue weighted by Gasteiger charge is -2.36. The summed E-state index contributed by atoms with van der Waals surface area (Å²) < 4.78 is 5.09. The molecule has 2 bridgehead atoms. The zero-order valence-corrected chi connectivity index (χ0v) is 9.67. The van der Waals surface area contributed by atoms with Crippen LogP contribution in [0, 0.1) is 0 Å². The number of methoxy groups -OCH3 is 1. The first kappa shape index (κ1) is 10.7. The van der Waals surface area contributed by atoms with Crippen LogP contribution >= 0.6 is 11.6 Å². The molecule has 2 rings (SSSR count). The standard InChI is InChI=1S/C11H20ClNO/c1-14-6-2-5-13-10-3-4-11(13)8-9(12)7-10/h9-11H,2-8H2,1H3. The largest absolute Gasteiger partial charge is 0.385 e. The highest BCUT2D eigenvalue weighted by Crippen LogP contribution is 2.37. The third kappa shape index (κ3) is 2.23. The Labute approximate surface area is 91.6 Å². The van der Waals surface area contributed by atoms with Crippen molar-refractivity contribution in [3.8, 4) is 0 Å². The summed E-state index contributed by atoms with van der Waals surface area (Å²) in [5.41, 5.74) is 0. The van der Waals surface area contributed by atoms with Crippen LogP contribution in [0.15, 0.2) is 0 Å². The molecule has 2 heterocycles. The molecule has 3 heteroatoms. The number of halogens is 1. The molecule has 0 aliphatic carbocycles. The first-order valence-electron chi connectivity index (χ1n) is 5.70. The van der Waals surface area contributed by atoms with Crippen LogP contribution in [-0.4, -0.2) is 42.6 Å². The second-order valence-electron chi connectivity index (χ2n) is 4.54. The molecule has 2 saturated heterocycles. The van der Waals surface area contributed by atoms with Gasteiger partial charge in [-0.3, -0.25) is 4.90 Å². The van der Waals surface area contributed by atoms with Gasteiger partial charge in [0.05, 0.1) is 0 Å². The Balaban J connectivity index is 1.82. The first-order chi connectivity index (χ1) is 6.81. The van der Waals surface area contributed by atoms with Crippen LogP contribution in [0.1, 0.15) is 32.1 Å². The van der Waals surface area contributed by atoms with E-state index >= 15 is 0 Å². The summed E-state index contributed by atoms with van der Waals surface area (Å²) in [7, 11) is 1.78. The van der Waals surface area contributed by atoms with E-state index in [1.165, 1.54) is 32.2 Å². The molecule has 0 aromatic carbocycles. The van der Waals surface area contributed by atoms with Gasteiger partial charge in [0, 0.05) is 37.7 Å². The van der Waals surface area contributed by atoms with Crippen molar-refractivity contribution >= 4 is 11.6 Å². The van der Waals surface area contributed by atoms with E-state index < -0.39 is 0 Å². The number of piperidine rings is 1. The Morgan fingerprint density at radius 3 is 2.50 bits per heavy atom. The Morgan fingerprint density at radius 1 is 1.29 bits per heavy atom. The number of rotatable bonds is 4. The summed E-state index contributed by atoms with van der Waals surface area (Å²) in [5, 5.41) is 0.436. The number of hydrogen-bond acceptors (Lipinski definition) is 2. The summed E-state index contributed by atoms with van der Waals surface area (Å²) >= 11 is 6.22. The number of ether oxygens (including phenoxy) is 1. The van der Waals surface area contributed by atoms with Crippen molar-refractivity contribution < 1.29 is 4.74 Å². The molecule has 0 radical (unpaired) electrons. The van der Waals surface area contributed by atoms with Crippen LogP contribution in [-0.2, 0) is 4.74 Å². The van der Waals surface area contributed by atoms with Gasteiger partial charge < -0.3 is 4.74 Å². The van der Waals surface area contributed by atoms with Gasteiger partial charge in [-0.2, -0.15) is 0 Å². The first-order valence-corrected chi connectivity index (χ1v) is 6.13.